The lowest BCUT2D eigenvalue weighted by Crippen LogP contribution is -2.42. The third-order valence-electron chi connectivity index (χ3n) is 6.60. The number of esters is 1. The molecule has 1 atom stereocenters. The Kier molecular flexibility index (Phi) is 12.7. The number of halogens is 5. The molecule has 5 nitrogen and oxygen atoms in total. The van der Waals surface area contributed by atoms with E-state index in [4.69, 9.17) is 9.16 Å². The van der Waals surface area contributed by atoms with Crippen LogP contribution in [0, 0.1) is 5.41 Å². The number of carboxylic acid groups (broad SMARTS) is 1. The van der Waals surface area contributed by atoms with Crippen LogP contribution in [-0.4, -0.2) is 50.7 Å². The number of rotatable bonds is 16. The smallest absolute Gasteiger partial charge is 0.453 e. The van der Waals surface area contributed by atoms with E-state index in [1.807, 2.05) is 0 Å². The summed E-state index contributed by atoms with van der Waals surface area (Å²) in [6.07, 6.45) is -5.58. The third kappa shape index (κ3) is 9.79. The highest BCUT2D eigenvalue weighted by atomic mass is 28.4. The summed E-state index contributed by atoms with van der Waals surface area (Å²) in [5, 5.41) is 9.82. The molecule has 34 heavy (non-hydrogen) atoms. The predicted octanol–water partition coefficient (Wildman–Crippen LogP) is 7.35. The van der Waals surface area contributed by atoms with Crippen molar-refractivity contribution in [3.63, 3.8) is 0 Å². The van der Waals surface area contributed by atoms with Crippen molar-refractivity contribution in [3.05, 3.63) is 0 Å². The third-order valence-corrected chi connectivity index (χ3v) is 11.1. The van der Waals surface area contributed by atoms with Crippen molar-refractivity contribution < 1.29 is 45.8 Å². The maximum atomic E-state index is 13.3. The van der Waals surface area contributed by atoms with Crippen LogP contribution in [0.25, 0.3) is 0 Å². The van der Waals surface area contributed by atoms with E-state index in [2.05, 4.69) is 33.9 Å². The summed E-state index contributed by atoms with van der Waals surface area (Å²) in [6.45, 7) is 12.8. The fourth-order valence-electron chi connectivity index (χ4n) is 3.26. The normalized spacial score (nSPS) is 15.1. The lowest BCUT2D eigenvalue weighted by molar-refractivity contribution is -0.284. The van der Waals surface area contributed by atoms with E-state index in [-0.39, 0.29) is 18.1 Å². The number of hydrogen-bond acceptors (Lipinski definition) is 4. The Hall–Kier alpha value is -1.23. The quantitative estimate of drug-likeness (QED) is 0.0757. The number of hydrogen-bond donors (Lipinski definition) is 1. The van der Waals surface area contributed by atoms with Crippen LogP contribution in [0.1, 0.15) is 85.5 Å². The molecule has 0 spiro atoms. The number of carboxylic acids is 1. The van der Waals surface area contributed by atoms with Crippen molar-refractivity contribution in [2.45, 2.75) is 116 Å². The largest absolute Gasteiger partial charge is 0.480 e. The second-order valence-corrected chi connectivity index (χ2v) is 15.1. The monoisotopic (exact) mass is 520 g/mol. The lowest BCUT2D eigenvalue weighted by Gasteiger charge is -2.36. The van der Waals surface area contributed by atoms with Gasteiger partial charge in [0, 0.05) is 13.0 Å². The van der Waals surface area contributed by atoms with E-state index < -0.39 is 57.0 Å². The van der Waals surface area contributed by atoms with E-state index in [1.165, 1.54) is 6.92 Å². The summed E-state index contributed by atoms with van der Waals surface area (Å²) in [4.78, 5) is 24.4. The molecule has 0 heterocycles. The number of carbonyl (C=O) groups excluding carboxylic acids is 1. The maximum absolute atomic E-state index is 13.3. The Morgan fingerprint density at radius 1 is 0.824 bits per heavy atom. The minimum Gasteiger partial charge on any atom is -0.480 e. The van der Waals surface area contributed by atoms with E-state index in [1.54, 1.807) is 0 Å². The van der Waals surface area contributed by atoms with E-state index in [0.29, 0.717) is 19.4 Å². The van der Waals surface area contributed by atoms with Gasteiger partial charge in [-0.1, -0.05) is 46.5 Å². The van der Waals surface area contributed by atoms with Gasteiger partial charge in [-0.3, -0.25) is 9.59 Å². The average Bonchev–Trinajstić information content (AvgIpc) is 2.66. The fraction of sp³-hybridized carbons (Fsp3) is 0.913. The van der Waals surface area contributed by atoms with Gasteiger partial charge in [0.1, 0.15) is 0 Å². The molecule has 1 N–H and O–H groups in total. The molecule has 11 heteroatoms. The summed E-state index contributed by atoms with van der Waals surface area (Å²) in [5.74, 6) is -7.61. The topological polar surface area (TPSA) is 72.8 Å². The molecule has 0 fully saturated rings. The summed E-state index contributed by atoms with van der Waals surface area (Å²) < 4.78 is 74.7. The molecule has 0 aliphatic carbocycles. The van der Waals surface area contributed by atoms with Crippen molar-refractivity contribution in [3.8, 4) is 0 Å². The molecule has 202 valence electrons. The molecule has 0 aliphatic rings. The zero-order valence-corrected chi connectivity index (χ0v) is 22.2. The van der Waals surface area contributed by atoms with Crippen molar-refractivity contribution in [1.82, 2.24) is 0 Å². The van der Waals surface area contributed by atoms with Crippen LogP contribution in [0.5, 0.6) is 0 Å². The summed E-state index contributed by atoms with van der Waals surface area (Å²) in [7, 11) is -1.82. The number of unbranched alkanes of at least 4 members (excludes halogenated alkanes) is 4. The second kappa shape index (κ2) is 13.2. The van der Waals surface area contributed by atoms with Crippen molar-refractivity contribution >= 4 is 20.3 Å². The predicted molar refractivity (Wildman–Crippen MR) is 122 cm³/mol. The molecular weight excluding hydrogens is 479 g/mol. The molecule has 0 aliphatic heterocycles. The van der Waals surface area contributed by atoms with Gasteiger partial charge in [-0.15, -0.1) is 0 Å². The van der Waals surface area contributed by atoms with Crippen molar-refractivity contribution in [1.29, 1.82) is 0 Å². The number of carbonyl (C=O) groups is 2. The van der Waals surface area contributed by atoms with Gasteiger partial charge in [0.2, 0.25) is 0 Å². The first kappa shape index (κ1) is 32.8. The minimum atomic E-state index is -5.73. The first-order valence-corrected chi connectivity index (χ1v) is 14.7. The van der Waals surface area contributed by atoms with Crippen LogP contribution in [0.2, 0.25) is 18.1 Å². The Labute approximate surface area is 200 Å². The maximum Gasteiger partial charge on any atom is 0.453 e. The average molecular weight is 521 g/mol. The van der Waals surface area contributed by atoms with E-state index in [0.717, 1.165) is 19.3 Å². The molecule has 1 unspecified atom stereocenters. The second-order valence-electron chi connectivity index (χ2n) is 10.3. The minimum absolute atomic E-state index is 0.115. The molecule has 0 aromatic heterocycles. The summed E-state index contributed by atoms with van der Waals surface area (Å²) in [6, 6.07) is 0. The van der Waals surface area contributed by atoms with Gasteiger partial charge >= 0.3 is 24.0 Å². The molecule has 0 saturated heterocycles. The molecule has 0 rings (SSSR count). The number of alkyl halides is 5. The summed E-state index contributed by atoms with van der Waals surface area (Å²) in [5.41, 5.74) is -2.14. The molecule has 0 radical (unpaired) electrons. The van der Waals surface area contributed by atoms with Crippen LogP contribution >= 0.6 is 0 Å². The Balaban J connectivity index is 4.82. The fourth-order valence-corrected chi connectivity index (χ4v) is 4.34. The van der Waals surface area contributed by atoms with Gasteiger partial charge in [-0.25, -0.2) is 0 Å². The first-order valence-electron chi connectivity index (χ1n) is 11.8. The SMILES string of the molecule is CCOC(=O)C(CCCCCCCO[Si](C)(C)C(C)(C)C)(CCCC(F)(F)C(F)(F)F)C(=O)O. The molecule has 0 amide bonds. The van der Waals surface area contributed by atoms with Crippen molar-refractivity contribution in [2.24, 2.45) is 5.41 Å². The highest BCUT2D eigenvalue weighted by molar-refractivity contribution is 6.74. The van der Waals surface area contributed by atoms with Crippen LogP contribution in [-0.2, 0) is 18.8 Å². The molecule has 0 saturated carbocycles. The van der Waals surface area contributed by atoms with Gasteiger partial charge in [0.15, 0.2) is 13.7 Å². The highest BCUT2D eigenvalue weighted by Gasteiger charge is 2.57. The Bertz CT molecular complexity index is 647. The van der Waals surface area contributed by atoms with Crippen LogP contribution in [0.3, 0.4) is 0 Å². The van der Waals surface area contributed by atoms with Crippen LogP contribution in [0.15, 0.2) is 0 Å². The molecule has 0 bridgehead atoms. The van der Waals surface area contributed by atoms with Gasteiger partial charge in [0.05, 0.1) is 6.61 Å². The van der Waals surface area contributed by atoms with Crippen LogP contribution < -0.4 is 0 Å². The first-order chi connectivity index (χ1) is 15.3. The Morgan fingerprint density at radius 2 is 1.32 bits per heavy atom. The van der Waals surface area contributed by atoms with E-state index in [9.17, 15) is 36.6 Å². The standard InChI is InChI=1S/C23H41F5O5Si/c1-7-32-19(31)21(18(29)30,15-13-16-22(24,25)23(26,27)28)14-11-9-8-10-12-17-33-34(5,6)20(2,3)4/h7-17H2,1-6H3,(H,29,30). The molecule has 0 aromatic rings. The molecular formula is C23H41F5O5Si. The lowest BCUT2D eigenvalue weighted by atomic mass is 9.77. The van der Waals surface area contributed by atoms with Gasteiger partial charge in [-0.2, -0.15) is 22.0 Å². The zero-order valence-electron chi connectivity index (χ0n) is 21.2. The zero-order chi connectivity index (χ0) is 26.8. The van der Waals surface area contributed by atoms with Gasteiger partial charge in [-0.05, 0) is 50.7 Å². The van der Waals surface area contributed by atoms with Crippen LogP contribution in [0.4, 0.5) is 22.0 Å². The van der Waals surface area contributed by atoms with Gasteiger partial charge < -0.3 is 14.3 Å². The number of ether oxygens (including phenoxy) is 1. The highest BCUT2D eigenvalue weighted by Crippen LogP contribution is 2.42. The van der Waals surface area contributed by atoms with E-state index >= 15 is 0 Å². The van der Waals surface area contributed by atoms with Gasteiger partial charge in [0.25, 0.3) is 0 Å². The Morgan fingerprint density at radius 3 is 1.79 bits per heavy atom. The summed E-state index contributed by atoms with van der Waals surface area (Å²) >= 11 is 0. The number of aliphatic carboxylic acids is 1. The molecule has 0 aromatic carbocycles. The van der Waals surface area contributed by atoms with Crippen molar-refractivity contribution in [2.75, 3.05) is 13.2 Å².